The molecule has 0 N–H and O–H groups in total. The van der Waals surface area contributed by atoms with Gasteiger partial charge in [0.1, 0.15) is 0 Å². The first-order chi connectivity index (χ1) is 10.7. The van der Waals surface area contributed by atoms with Crippen molar-refractivity contribution in [3.8, 4) is 0 Å². The summed E-state index contributed by atoms with van der Waals surface area (Å²) in [6, 6.07) is 17.7. The molecule has 2 aromatic carbocycles. The maximum absolute atomic E-state index is 11.6. The Kier molecular flexibility index (Phi) is 4.42. The van der Waals surface area contributed by atoms with Crippen molar-refractivity contribution in [3.05, 3.63) is 67.3 Å². The summed E-state index contributed by atoms with van der Waals surface area (Å²) in [6.45, 7) is 1.71. The van der Waals surface area contributed by atoms with Crippen LogP contribution < -0.4 is 0 Å². The molecule has 0 saturated heterocycles. The molecule has 3 rings (SSSR count). The van der Waals surface area contributed by atoms with Gasteiger partial charge in [-0.25, -0.2) is 0 Å². The summed E-state index contributed by atoms with van der Waals surface area (Å²) in [4.78, 5) is 16.0. The SMILES string of the molecule is COC(=O)[C@H](C)N=C1OI(c2ccccc2)c2ccccc21. The Hall–Kier alpha value is -1.89. The number of carbonyl (C=O) groups is 1. The van der Waals surface area contributed by atoms with E-state index < -0.39 is 26.3 Å². The number of benzene rings is 2. The quantitative estimate of drug-likeness (QED) is 0.576. The van der Waals surface area contributed by atoms with Crippen molar-refractivity contribution >= 4 is 32.1 Å². The van der Waals surface area contributed by atoms with E-state index in [1.165, 1.54) is 14.3 Å². The third-order valence-electron chi connectivity index (χ3n) is 3.22. The van der Waals surface area contributed by atoms with Crippen LogP contribution in [0.25, 0.3) is 0 Å². The van der Waals surface area contributed by atoms with E-state index >= 15 is 0 Å². The molecule has 0 saturated carbocycles. The summed E-state index contributed by atoms with van der Waals surface area (Å²) in [5.74, 6) is 0.197. The molecule has 0 fully saturated rings. The number of fused-ring (bicyclic) bond motifs is 1. The molecule has 22 heavy (non-hydrogen) atoms. The second kappa shape index (κ2) is 6.48. The van der Waals surface area contributed by atoms with Crippen LogP contribution in [0.5, 0.6) is 0 Å². The van der Waals surface area contributed by atoms with E-state index in [0.717, 1.165) is 5.56 Å². The summed E-state index contributed by atoms with van der Waals surface area (Å²) in [7, 11) is 1.37. The van der Waals surface area contributed by atoms with Gasteiger partial charge in [-0.1, -0.05) is 0 Å². The Bertz CT molecular complexity index is 715. The number of nitrogens with zero attached hydrogens (tertiary/aromatic N) is 1. The van der Waals surface area contributed by atoms with Gasteiger partial charge in [-0.05, 0) is 0 Å². The van der Waals surface area contributed by atoms with Crippen LogP contribution in [-0.2, 0) is 12.6 Å². The van der Waals surface area contributed by atoms with Crippen LogP contribution in [0.2, 0.25) is 0 Å². The predicted molar refractivity (Wildman–Crippen MR) is 93.4 cm³/mol. The summed E-state index contributed by atoms with van der Waals surface area (Å²) in [5, 5.41) is 0. The molecule has 0 unspecified atom stereocenters. The van der Waals surface area contributed by atoms with E-state index in [1.54, 1.807) is 6.92 Å². The fourth-order valence-electron chi connectivity index (χ4n) is 2.12. The fraction of sp³-hybridized carbons (Fsp3) is 0.176. The predicted octanol–water partition coefficient (Wildman–Crippen LogP) is 3.49. The third-order valence-corrected chi connectivity index (χ3v) is 7.93. The number of rotatable bonds is 3. The van der Waals surface area contributed by atoms with E-state index in [0.29, 0.717) is 5.90 Å². The van der Waals surface area contributed by atoms with Gasteiger partial charge in [-0.3, -0.25) is 0 Å². The number of esters is 1. The van der Waals surface area contributed by atoms with Gasteiger partial charge in [0.15, 0.2) is 0 Å². The second-order valence-electron chi connectivity index (χ2n) is 4.73. The first-order valence-corrected chi connectivity index (χ1v) is 9.93. The van der Waals surface area contributed by atoms with Crippen molar-refractivity contribution < 1.29 is 12.6 Å². The van der Waals surface area contributed by atoms with E-state index in [-0.39, 0.29) is 5.97 Å². The summed E-state index contributed by atoms with van der Waals surface area (Å²) in [6.07, 6.45) is 0. The van der Waals surface area contributed by atoms with E-state index in [4.69, 9.17) is 7.80 Å². The summed E-state index contributed by atoms with van der Waals surface area (Å²) >= 11 is -1.98. The Morgan fingerprint density at radius 3 is 2.55 bits per heavy atom. The third kappa shape index (κ3) is 2.85. The number of ether oxygens (including phenoxy) is 1. The van der Waals surface area contributed by atoms with E-state index in [1.807, 2.05) is 36.4 Å². The van der Waals surface area contributed by atoms with Crippen LogP contribution in [0.4, 0.5) is 0 Å². The first-order valence-electron chi connectivity index (χ1n) is 6.89. The molecular formula is C17H16INO3. The molecule has 1 atom stereocenters. The Labute approximate surface area is 137 Å². The van der Waals surface area contributed by atoms with Gasteiger partial charge in [-0.2, -0.15) is 0 Å². The Balaban J connectivity index is 1.99. The van der Waals surface area contributed by atoms with Crippen molar-refractivity contribution in [1.82, 2.24) is 0 Å². The van der Waals surface area contributed by atoms with Crippen molar-refractivity contribution in [3.63, 3.8) is 0 Å². The molecule has 0 aliphatic carbocycles. The first kappa shape index (κ1) is 15.0. The standard InChI is InChI=1S/C17H16INO3/c1-12(17(20)21-2)19-16-14-10-6-7-11-15(14)18(22-16)13-8-4-3-5-9-13/h3-12H,1-2H3/t12-/m0/s1. The van der Waals surface area contributed by atoms with Crippen LogP contribution in [0.1, 0.15) is 12.5 Å². The monoisotopic (exact) mass is 409 g/mol. The molecule has 4 nitrogen and oxygen atoms in total. The number of halogens is 1. The zero-order valence-corrected chi connectivity index (χ0v) is 14.5. The average Bonchev–Trinajstić information content (AvgIpc) is 2.93. The summed E-state index contributed by atoms with van der Waals surface area (Å²) < 4.78 is 13.3. The maximum atomic E-state index is 11.6. The molecule has 5 heteroatoms. The van der Waals surface area contributed by atoms with Crippen LogP contribution in [0.15, 0.2) is 59.6 Å². The summed E-state index contributed by atoms with van der Waals surface area (Å²) in [5.41, 5.74) is 0.993. The van der Waals surface area contributed by atoms with Crippen molar-refractivity contribution in [1.29, 1.82) is 0 Å². The number of aliphatic imine (C=N–C) groups is 1. The number of carbonyl (C=O) groups excluding carboxylic acids is 1. The van der Waals surface area contributed by atoms with Crippen LogP contribution in [0.3, 0.4) is 0 Å². The molecule has 2 aromatic rings. The fourth-order valence-corrected chi connectivity index (χ4v) is 6.59. The van der Waals surface area contributed by atoms with Gasteiger partial charge in [0, 0.05) is 0 Å². The van der Waals surface area contributed by atoms with Gasteiger partial charge >= 0.3 is 137 Å². The van der Waals surface area contributed by atoms with Crippen LogP contribution in [-0.4, -0.2) is 25.0 Å². The van der Waals surface area contributed by atoms with Crippen molar-refractivity contribution in [2.24, 2.45) is 4.99 Å². The number of methoxy groups -OCH3 is 1. The van der Waals surface area contributed by atoms with Gasteiger partial charge in [-0.15, -0.1) is 0 Å². The molecule has 114 valence electrons. The number of hydrogen-bond donors (Lipinski definition) is 0. The van der Waals surface area contributed by atoms with E-state index in [9.17, 15) is 4.79 Å². The molecule has 0 bridgehead atoms. The molecular weight excluding hydrogens is 393 g/mol. The minimum absolute atomic E-state index is 0.361. The van der Waals surface area contributed by atoms with Gasteiger partial charge in [0.05, 0.1) is 0 Å². The van der Waals surface area contributed by atoms with Gasteiger partial charge in [0.2, 0.25) is 0 Å². The normalized spacial score (nSPS) is 17.7. The average molecular weight is 409 g/mol. The van der Waals surface area contributed by atoms with Gasteiger partial charge < -0.3 is 0 Å². The molecule has 1 aliphatic heterocycles. The van der Waals surface area contributed by atoms with Crippen molar-refractivity contribution in [2.45, 2.75) is 13.0 Å². The Morgan fingerprint density at radius 2 is 1.82 bits per heavy atom. The molecule has 0 amide bonds. The van der Waals surface area contributed by atoms with Crippen molar-refractivity contribution in [2.75, 3.05) is 7.11 Å². The van der Waals surface area contributed by atoms with Crippen LogP contribution >= 0.6 is 20.2 Å². The minimum atomic E-state index is -1.98. The zero-order chi connectivity index (χ0) is 15.5. The van der Waals surface area contributed by atoms with Crippen LogP contribution in [0, 0.1) is 7.14 Å². The molecule has 0 aromatic heterocycles. The zero-order valence-electron chi connectivity index (χ0n) is 12.3. The van der Waals surface area contributed by atoms with Gasteiger partial charge in [0.25, 0.3) is 0 Å². The molecule has 0 spiro atoms. The molecule has 0 radical (unpaired) electrons. The van der Waals surface area contributed by atoms with E-state index in [2.05, 4.69) is 23.2 Å². The topological polar surface area (TPSA) is 47.9 Å². The second-order valence-corrected chi connectivity index (χ2v) is 9.00. The molecule has 1 heterocycles. The molecule has 1 aliphatic rings. The Morgan fingerprint density at radius 1 is 1.14 bits per heavy atom. The number of hydrogen-bond acceptors (Lipinski definition) is 4.